The number of amides is 1. The van der Waals surface area contributed by atoms with Crippen LogP contribution in [-0.2, 0) is 14.3 Å². The average Bonchev–Trinajstić information content (AvgIpc) is 2.40. The molecule has 0 spiro atoms. The number of nitrogens with zero attached hydrogens (tertiary/aromatic N) is 1. The van der Waals surface area contributed by atoms with Crippen LogP contribution >= 0.6 is 0 Å². The van der Waals surface area contributed by atoms with Crippen molar-refractivity contribution in [1.29, 1.82) is 0 Å². The van der Waals surface area contributed by atoms with Crippen LogP contribution in [0.3, 0.4) is 0 Å². The summed E-state index contributed by atoms with van der Waals surface area (Å²) in [5.74, 6) is -0.850. The van der Waals surface area contributed by atoms with Gasteiger partial charge < -0.3 is 20.1 Å². The Morgan fingerprint density at radius 3 is 2.47 bits per heavy atom. The topological polar surface area (TPSA) is 78.9 Å². The number of carboxylic acid groups (broad SMARTS) is 1. The Kier molecular flexibility index (Phi) is 6.24. The third-order valence-corrected chi connectivity index (χ3v) is 3.70. The van der Waals surface area contributed by atoms with Crippen LogP contribution in [0.2, 0.25) is 0 Å². The van der Waals surface area contributed by atoms with E-state index in [1.807, 2.05) is 6.92 Å². The summed E-state index contributed by atoms with van der Waals surface area (Å²) in [5.41, 5.74) is -0.492. The zero-order chi connectivity index (χ0) is 14.3. The molecule has 0 radical (unpaired) electrons. The molecule has 0 aromatic carbocycles. The molecule has 6 nitrogen and oxygen atoms in total. The number of aliphatic carboxylic acids is 1. The van der Waals surface area contributed by atoms with Gasteiger partial charge in [-0.15, -0.1) is 0 Å². The highest BCUT2D eigenvalue weighted by atomic mass is 16.5. The molecule has 0 atom stereocenters. The van der Waals surface area contributed by atoms with Crippen molar-refractivity contribution < 1.29 is 19.4 Å². The van der Waals surface area contributed by atoms with Crippen LogP contribution in [0.4, 0.5) is 0 Å². The van der Waals surface area contributed by atoms with E-state index < -0.39 is 11.4 Å². The molecule has 19 heavy (non-hydrogen) atoms. The van der Waals surface area contributed by atoms with E-state index in [1.54, 1.807) is 12.0 Å². The summed E-state index contributed by atoms with van der Waals surface area (Å²) in [6, 6.07) is 0. The summed E-state index contributed by atoms with van der Waals surface area (Å²) < 4.78 is 5.23. The maximum Gasteiger partial charge on any atom is 0.305 e. The van der Waals surface area contributed by atoms with Crippen LogP contribution in [0.25, 0.3) is 0 Å². The zero-order valence-corrected chi connectivity index (χ0v) is 11.8. The lowest BCUT2D eigenvalue weighted by molar-refractivity contribution is -0.148. The molecule has 2 N–H and O–H groups in total. The molecule has 0 unspecified atom stereocenters. The Balaban J connectivity index is 2.75. The fraction of sp³-hybridized carbons (Fsp3) is 0.846. The van der Waals surface area contributed by atoms with Gasteiger partial charge in [-0.3, -0.25) is 9.59 Å². The molecule has 0 aliphatic carbocycles. The maximum absolute atomic E-state index is 12.7. The summed E-state index contributed by atoms with van der Waals surface area (Å²) in [5, 5.41) is 12.0. The minimum Gasteiger partial charge on any atom is -0.481 e. The number of piperidine rings is 1. The van der Waals surface area contributed by atoms with E-state index in [-0.39, 0.29) is 18.9 Å². The summed E-state index contributed by atoms with van der Waals surface area (Å²) >= 11 is 0. The van der Waals surface area contributed by atoms with E-state index in [2.05, 4.69) is 5.32 Å². The fourth-order valence-electron chi connectivity index (χ4n) is 2.57. The van der Waals surface area contributed by atoms with E-state index in [4.69, 9.17) is 9.84 Å². The number of nitrogens with one attached hydrogen (secondary N) is 1. The van der Waals surface area contributed by atoms with Crippen molar-refractivity contribution in [3.8, 4) is 0 Å². The molecule has 1 saturated heterocycles. The fourth-order valence-corrected chi connectivity index (χ4v) is 2.57. The molecule has 1 fully saturated rings. The third-order valence-electron chi connectivity index (χ3n) is 3.70. The van der Waals surface area contributed by atoms with Gasteiger partial charge in [0.05, 0.1) is 18.4 Å². The number of carbonyl (C=O) groups excluding carboxylic acids is 1. The number of hydrogen-bond donors (Lipinski definition) is 2. The molecule has 6 heteroatoms. The first-order valence-corrected chi connectivity index (χ1v) is 6.76. The second kappa shape index (κ2) is 7.45. The van der Waals surface area contributed by atoms with Crippen molar-refractivity contribution in [2.45, 2.75) is 26.2 Å². The lowest BCUT2D eigenvalue weighted by Crippen LogP contribution is -2.52. The largest absolute Gasteiger partial charge is 0.481 e. The van der Waals surface area contributed by atoms with Crippen molar-refractivity contribution in [2.75, 3.05) is 39.9 Å². The minimum absolute atomic E-state index is 0.0130. The van der Waals surface area contributed by atoms with Crippen molar-refractivity contribution in [3.05, 3.63) is 0 Å². The van der Waals surface area contributed by atoms with Crippen LogP contribution < -0.4 is 5.32 Å². The SMILES string of the molecule is CCN(CCC(=O)O)C(=O)C1(COC)CCNCC1. The highest BCUT2D eigenvalue weighted by Crippen LogP contribution is 2.31. The lowest BCUT2D eigenvalue weighted by atomic mass is 9.78. The number of ether oxygens (including phenoxy) is 1. The molecule has 1 aliphatic heterocycles. The third kappa shape index (κ3) is 4.18. The number of methoxy groups -OCH3 is 1. The van der Waals surface area contributed by atoms with Crippen LogP contribution in [-0.4, -0.2) is 61.8 Å². The molecule has 0 saturated carbocycles. The quantitative estimate of drug-likeness (QED) is 0.698. The Morgan fingerprint density at radius 1 is 1.37 bits per heavy atom. The van der Waals surface area contributed by atoms with Gasteiger partial charge in [0.25, 0.3) is 0 Å². The Bertz CT molecular complexity index is 308. The number of carbonyl (C=O) groups is 2. The Hall–Kier alpha value is -1.14. The number of rotatable bonds is 7. The molecule has 1 amide bonds. The van der Waals surface area contributed by atoms with Gasteiger partial charge in [0, 0.05) is 20.2 Å². The van der Waals surface area contributed by atoms with Crippen molar-refractivity contribution >= 4 is 11.9 Å². The lowest BCUT2D eigenvalue weighted by Gasteiger charge is -2.39. The van der Waals surface area contributed by atoms with Gasteiger partial charge in [0.15, 0.2) is 0 Å². The van der Waals surface area contributed by atoms with Crippen LogP contribution in [0, 0.1) is 5.41 Å². The molecule has 1 heterocycles. The van der Waals surface area contributed by atoms with Gasteiger partial charge in [0.2, 0.25) is 5.91 Å². The van der Waals surface area contributed by atoms with Crippen LogP contribution in [0.5, 0.6) is 0 Å². The van der Waals surface area contributed by atoms with Gasteiger partial charge in [-0.2, -0.15) is 0 Å². The predicted molar refractivity (Wildman–Crippen MR) is 70.9 cm³/mol. The van der Waals surface area contributed by atoms with Crippen LogP contribution in [0.15, 0.2) is 0 Å². The van der Waals surface area contributed by atoms with Gasteiger partial charge >= 0.3 is 5.97 Å². The monoisotopic (exact) mass is 272 g/mol. The Morgan fingerprint density at radius 2 is 2.00 bits per heavy atom. The number of hydrogen-bond acceptors (Lipinski definition) is 4. The van der Waals surface area contributed by atoms with E-state index in [1.165, 1.54) is 0 Å². The molecule has 1 rings (SSSR count). The van der Waals surface area contributed by atoms with Gasteiger partial charge in [-0.05, 0) is 32.9 Å². The molecular formula is C13H24N2O4. The predicted octanol–water partition coefficient (Wildman–Crippen LogP) is 0.326. The first-order chi connectivity index (χ1) is 9.05. The summed E-state index contributed by atoms with van der Waals surface area (Å²) in [6.07, 6.45) is 1.47. The first-order valence-electron chi connectivity index (χ1n) is 6.76. The molecular weight excluding hydrogens is 248 g/mol. The average molecular weight is 272 g/mol. The van der Waals surface area contributed by atoms with Crippen molar-refractivity contribution in [2.24, 2.45) is 5.41 Å². The number of carboxylic acids is 1. The smallest absolute Gasteiger partial charge is 0.305 e. The highest BCUT2D eigenvalue weighted by molar-refractivity contribution is 5.83. The normalized spacial score (nSPS) is 18.0. The van der Waals surface area contributed by atoms with Crippen molar-refractivity contribution in [3.63, 3.8) is 0 Å². The first kappa shape index (κ1) is 15.9. The maximum atomic E-state index is 12.7. The van der Waals surface area contributed by atoms with E-state index in [0.717, 1.165) is 25.9 Å². The van der Waals surface area contributed by atoms with Crippen LogP contribution in [0.1, 0.15) is 26.2 Å². The second-order valence-corrected chi connectivity index (χ2v) is 4.99. The van der Waals surface area contributed by atoms with Gasteiger partial charge in [-0.25, -0.2) is 0 Å². The van der Waals surface area contributed by atoms with E-state index in [9.17, 15) is 9.59 Å². The van der Waals surface area contributed by atoms with Crippen molar-refractivity contribution in [1.82, 2.24) is 10.2 Å². The molecule has 110 valence electrons. The van der Waals surface area contributed by atoms with E-state index >= 15 is 0 Å². The summed E-state index contributed by atoms with van der Waals surface area (Å²) in [6.45, 7) is 4.67. The minimum atomic E-state index is -0.877. The van der Waals surface area contributed by atoms with Gasteiger partial charge in [-0.1, -0.05) is 0 Å². The van der Waals surface area contributed by atoms with Gasteiger partial charge in [0.1, 0.15) is 0 Å². The molecule has 0 bridgehead atoms. The summed E-state index contributed by atoms with van der Waals surface area (Å²) in [7, 11) is 1.60. The zero-order valence-electron chi connectivity index (χ0n) is 11.8. The second-order valence-electron chi connectivity index (χ2n) is 4.99. The Labute approximate surface area is 114 Å². The molecule has 1 aliphatic rings. The van der Waals surface area contributed by atoms with E-state index in [0.29, 0.717) is 13.2 Å². The standard InChI is InChI=1S/C13H24N2O4/c1-3-15(9-4-11(16)17)12(18)13(10-19-2)5-7-14-8-6-13/h14H,3-10H2,1-2H3,(H,16,17). The summed E-state index contributed by atoms with van der Waals surface area (Å²) in [4.78, 5) is 25.0. The molecule has 0 aromatic heterocycles. The molecule has 0 aromatic rings. The highest BCUT2D eigenvalue weighted by Gasteiger charge is 2.41.